The molecule has 0 radical (unpaired) electrons. The van der Waals surface area contributed by atoms with E-state index in [-0.39, 0.29) is 24.3 Å². The molecule has 1 saturated carbocycles. The molecule has 0 heterocycles. The highest BCUT2D eigenvalue weighted by molar-refractivity contribution is 5.82. The Kier molecular flexibility index (Phi) is 6.12. The Bertz CT molecular complexity index is 286. The van der Waals surface area contributed by atoms with Gasteiger partial charge in [-0.3, -0.25) is 9.59 Å². The summed E-state index contributed by atoms with van der Waals surface area (Å²) in [5.41, 5.74) is 5.55. The van der Waals surface area contributed by atoms with Crippen LogP contribution in [0.4, 0.5) is 0 Å². The van der Waals surface area contributed by atoms with Crippen molar-refractivity contribution >= 4 is 11.9 Å². The predicted octanol–water partition coefficient (Wildman–Crippen LogP) is 0.962. The number of ether oxygens (including phenoxy) is 1. The second-order valence-electron chi connectivity index (χ2n) is 5.08. The number of esters is 1. The average Bonchev–Trinajstić information content (AvgIpc) is 2.38. The molecule has 104 valence electrons. The molecule has 0 aliphatic heterocycles. The Balaban J connectivity index is 2.61. The molecule has 1 aliphatic carbocycles. The first kappa shape index (κ1) is 15.0. The highest BCUT2D eigenvalue weighted by Crippen LogP contribution is 2.28. The first-order chi connectivity index (χ1) is 8.54. The number of nitrogens with two attached hydrogens (primary N) is 1. The van der Waals surface area contributed by atoms with Crippen LogP contribution >= 0.6 is 0 Å². The Morgan fingerprint density at radius 1 is 1.33 bits per heavy atom. The SMILES string of the molecule is COC(=O)CC(NC(=O)[C@@H](C)N)C1CCCCC1. The molecule has 0 aromatic heterocycles. The van der Waals surface area contributed by atoms with Crippen molar-refractivity contribution in [1.29, 1.82) is 0 Å². The van der Waals surface area contributed by atoms with E-state index in [9.17, 15) is 9.59 Å². The number of carbonyl (C=O) groups is 2. The van der Waals surface area contributed by atoms with E-state index in [0.29, 0.717) is 5.92 Å². The van der Waals surface area contributed by atoms with Crippen molar-refractivity contribution in [3.05, 3.63) is 0 Å². The van der Waals surface area contributed by atoms with Gasteiger partial charge in [0.2, 0.25) is 5.91 Å². The molecule has 0 saturated heterocycles. The Morgan fingerprint density at radius 3 is 2.44 bits per heavy atom. The highest BCUT2D eigenvalue weighted by Gasteiger charge is 2.28. The van der Waals surface area contributed by atoms with Crippen molar-refractivity contribution in [2.45, 2.75) is 57.5 Å². The minimum atomic E-state index is -0.547. The zero-order valence-corrected chi connectivity index (χ0v) is 11.3. The third-order valence-electron chi connectivity index (χ3n) is 3.57. The van der Waals surface area contributed by atoms with E-state index in [1.54, 1.807) is 6.92 Å². The first-order valence-electron chi connectivity index (χ1n) is 6.67. The topological polar surface area (TPSA) is 81.4 Å². The molecule has 0 aromatic carbocycles. The zero-order chi connectivity index (χ0) is 13.5. The summed E-state index contributed by atoms with van der Waals surface area (Å²) in [6, 6.07) is -0.690. The summed E-state index contributed by atoms with van der Waals surface area (Å²) in [4.78, 5) is 23.1. The fourth-order valence-corrected chi connectivity index (χ4v) is 2.45. The lowest BCUT2D eigenvalue weighted by Crippen LogP contribution is -2.48. The van der Waals surface area contributed by atoms with Gasteiger partial charge in [0.1, 0.15) is 0 Å². The summed E-state index contributed by atoms with van der Waals surface area (Å²) in [5, 5.41) is 2.89. The summed E-state index contributed by atoms with van der Waals surface area (Å²) >= 11 is 0. The van der Waals surface area contributed by atoms with Gasteiger partial charge < -0.3 is 15.8 Å². The average molecular weight is 256 g/mol. The van der Waals surface area contributed by atoms with Crippen LogP contribution in [0, 0.1) is 5.92 Å². The maximum Gasteiger partial charge on any atom is 0.307 e. The third-order valence-corrected chi connectivity index (χ3v) is 3.57. The van der Waals surface area contributed by atoms with Crippen LogP contribution in [-0.4, -0.2) is 31.1 Å². The van der Waals surface area contributed by atoms with E-state index >= 15 is 0 Å². The molecule has 5 heteroatoms. The van der Waals surface area contributed by atoms with Crippen molar-refractivity contribution in [2.24, 2.45) is 11.7 Å². The summed E-state index contributed by atoms with van der Waals surface area (Å²) in [5.74, 6) is -0.120. The number of rotatable bonds is 5. The molecule has 0 spiro atoms. The molecule has 18 heavy (non-hydrogen) atoms. The van der Waals surface area contributed by atoms with Crippen molar-refractivity contribution in [3.63, 3.8) is 0 Å². The van der Waals surface area contributed by atoms with Gasteiger partial charge in [-0.15, -0.1) is 0 Å². The van der Waals surface area contributed by atoms with Gasteiger partial charge in [-0.25, -0.2) is 0 Å². The molecule has 1 rings (SSSR count). The smallest absolute Gasteiger partial charge is 0.307 e. The molecule has 1 amide bonds. The van der Waals surface area contributed by atoms with Crippen LogP contribution in [0.25, 0.3) is 0 Å². The fraction of sp³-hybridized carbons (Fsp3) is 0.846. The number of carbonyl (C=O) groups excluding carboxylic acids is 2. The van der Waals surface area contributed by atoms with Crippen LogP contribution in [0.5, 0.6) is 0 Å². The molecule has 5 nitrogen and oxygen atoms in total. The van der Waals surface area contributed by atoms with Crippen molar-refractivity contribution < 1.29 is 14.3 Å². The largest absolute Gasteiger partial charge is 0.469 e. The normalized spacial score (nSPS) is 19.9. The minimum Gasteiger partial charge on any atom is -0.469 e. The van der Waals surface area contributed by atoms with Crippen molar-refractivity contribution in [2.75, 3.05) is 7.11 Å². The number of amides is 1. The van der Waals surface area contributed by atoms with E-state index in [0.717, 1.165) is 25.7 Å². The quantitative estimate of drug-likeness (QED) is 0.718. The lowest BCUT2D eigenvalue weighted by Gasteiger charge is -2.30. The number of hydrogen-bond acceptors (Lipinski definition) is 4. The molecule has 1 aliphatic rings. The lowest BCUT2D eigenvalue weighted by molar-refractivity contribution is -0.141. The second kappa shape index (κ2) is 7.36. The van der Waals surface area contributed by atoms with E-state index in [1.165, 1.54) is 13.5 Å². The van der Waals surface area contributed by atoms with E-state index in [4.69, 9.17) is 10.5 Å². The standard InChI is InChI=1S/C13H24N2O3/c1-9(14)13(17)15-11(8-12(16)18-2)10-6-4-3-5-7-10/h9-11H,3-8,14H2,1-2H3,(H,15,17)/t9-,11?/m1/s1. The van der Waals surface area contributed by atoms with Crippen LogP contribution in [0.1, 0.15) is 45.4 Å². The van der Waals surface area contributed by atoms with Gasteiger partial charge in [-0.05, 0) is 25.7 Å². The number of nitrogens with one attached hydrogen (secondary N) is 1. The summed E-state index contributed by atoms with van der Waals surface area (Å²) in [6.45, 7) is 1.64. The van der Waals surface area contributed by atoms with Gasteiger partial charge in [0.15, 0.2) is 0 Å². The van der Waals surface area contributed by atoms with E-state index in [2.05, 4.69) is 5.32 Å². The van der Waals surface area contributed by atoms with Crippen molar-refractivity contribution in [1.82, 2.24) is 5.32 Å². The number of hydrogen-bond donors (Lipinski definition) is 2. The van der Waals surface area contributed by atoms with Gasteiger partial charge in [0, 0.05) is 6.04 Å². The summed E-state index contributed by atoms with van der Waals surface area (Å²) in [6.07, 6.45) is 5.91. The van der Waals surface area contributed by atoms with Gasteiger partial charge >= 0.3 is 5.97 Å². The van der Waals surface area contributed by atoms with E-state index < -0.39 is 6.04 Å². The second-order valence-corrected chi connectivity index (χ2v) is 5.08. The maximum absolute atomic E-state index is 11.7. The number of methoxy groups -OCH3 is 1. The molecular formula is C13H24N2O3. The predicted molar refractivity (Wildman–Crippen MR) is 68.8 cm³/mol. The minimum absolute atomic E-state index is 0.142. The van der Waals surface area contributed by atoms with Crippen LogP contribution in [0.2, 0.25) is 0 Å². The molecule has 1 fully saturated rings. The molecular weight excluding hydrogens is 232 g/mol. The fourth-order valence-electron chi connectivity index (χ4n) is 2.45. The van der Waals surface area contributed by atoms with Gasteiger partial charge in [-0.1, -0.05) is 19.3 Å². The van der Waals surface area contributed by atoms with Gasteiger partial charge in [0.05, 0.1) is 19.6 Å². The Labute approximate surface area is 108 Å². The first-order valence-corrected chi connectivity index (χ1v) is 6.67. The molecule has 1 unspecified atom stereocenters. The van der Waals surface area contributed by atoms with Crippen LogP contribution in [0.15, 0.2) is 0 Å². The summed E-state index contributed by atoms with van der Waals surface area (Å²) < 4.78 is 4.69. The zero-order valence-electron chi connectivity index (χ0n) is 11.3. The van der Waals surface area contributed by atoms with Crippen LogP contribution < -0.4 is 11.1 Å². The Hall–Kier alpha value is -1.10. The van der Waals surface area contributed by atoms with Gasteiger partial charge in [-0.2, -0.15) is 0 Å². The monoisotopic (exact) mass is 256 g/mol. The van der Waals surface area contributed by atoms with Gasteiger partial charge in [0.25, 0.3) is 0 Å². The van der Waals surface area contributed by atoms with Crippen molar-refractivity contribution in [3.8, 4) is 0 Å². The molecule has 0 aromatic rings. The maximum atomic E-state index is 11.7. The third kappa shape index (κ3) is 4.64. The molecule has 0 bridgehead atoms. The molecule has 3 N–H and O–H groups in total. The highest BCUT2D eigenvalue weighted by atomic mass is 16.5. The lowest BCUT2D eigenvalue weighted by atomic mass is 9.82. The molecule has 2 atom stereocenters. The Morgan fingerprint density at radius 2 is 1.94 bits per heavy atom. The summed E-state index contributed by atoms with van der Waals surface area (Å²) in [7, 11) is 1.37. The van der Waals surface area contributed by atoms with E-state index in [1.807, 2.05) is 0 Å². The van der Waals surface area contributed by atoms with Crippen LogP contribution in [-0.2, 0) is 14.3 Å². The van der Waals surface area contributed by atoms with Crippen LogP contribution in [0.3, 0.4) is 0 Å².